The molecule has 2 aliphatic rings. The summed E-state index contributed by atoms with van der Waals surface area (Å²) in [5, 5.41) is 18.4. The summed E-state index contributed by atoms with van der Waals surface area (Å²) in [5.41, 5.74) is 3.29. The van der Waals surface area contributed by atoms with Gasteiger partial charge in [0.05, 0.1) is 30.0 Å². The molecule has 0 aliphatic carbocycles. The molecule has 0 bridgehead atoms. The number of aliphatic hydroxyl groups is 1. The molecule has 1 aromatic heterocycles. The van der Waals surface area contributed by atoms with Gasteiger partial charge in [-0.15, -0.1) is 0 Å². The van der Waals surface area contributed by atoms with Crippen molar-refractivity contribution in [3.63, 3.8) is 0 Å². The van der Waals surface area contributed by atoms with Gasteiger partial charge in [0.2, 0.25) is 0 Å². The largest absolute Gasteiger partial charge is 0.392 e. The van der Waals surface area contributed by atoms with Crippen LogP contribution in [0.5, 0.6) is 0 Å². The van der Waals surface area contributed by atoms with E-state index in [2.05, 4.69) is 44.8 Å². The molecule has 0 amide bonds. The molecule has 24 heavy (non-hydrogen) atoms. The first-order valence-electron chi connectivity index (χ1n) is 8.09. The molecular formula is C17H21N5OS. The highest BCUT2D eigenvalue weighted by molar-refractivity contribution is 8.15. The second-order valence-corrected chi connectivity index (χ2v) is 7.26. The van der Waals surface area contributed by atoms with E-state index in [9.17, 15) is 5.11 Å². The van der Waals surface area contributed by atoms with Crippen molar-refractivity contribution in [2.45, 2.75) is 11.4 Å². The lowest BCUT2D eigenvalue weighted by Gasteiger charge is -2.25. The summed E-state index contributed by atoms with van der Waals surface area (Å²) in [7, 11) is 1.93. The van der Waals surface area contributed by atoms with Gasteiger partial charge in [0, 0.05) is 36.6 Å². The minimum atomic E-state index is -0.0130. The number of hydrogen-bond donors (Lipinski definition) is 4. The molecule has 126 valence electrons. The van der Waals surface area contributed by atoms with E-state index < -0.39 is 0 Å². The third-order valence-corrected chi connectivity index (χ3v) is 5.62. The van der Waals surface area contributed by atoms with Crippen LogP contribution < -0.4 is 10.6 Å². The number of aliphatic imine (C=N–C) groups is 1. The highest BCUT2D eigenvalue weighted by atomic mass is 32.2. The normalized spacial score (nSPS) is 22.9. The minimum Gasteiger partial charge on any atom is -0.392 e. The number of aromatic nitrogens is 1. The van der Waals surface area contributed by atoms with E-state index in [-0.39, 0.29) is 12.8 Å². The van der Waals surface area contributed by atoms with E-state index in [4.69, 9.17) is 4.99 Å². The predicted octanol–water partition coefficient (Wildman–Crippen LogP) is 1.77. The number of fused-ring (bicyclic) bond motifs is 1. The van der Waals surface area contributed by atoms with Crippen LogP contribution in [0.2, 0.25) is 0 Å². The average molecular weight is 343 g/mol. The molecule has 4 rings (SSSR count). The summed E-state index contributed by atoms with van der Waals surface area (Å²) in [6.45, 7) is 1.78. The van der Waals surface area contributed by atoms with Crippen molar-refractivity contribution in [3.05, 3.63) is 42.4 Å². The van der Waals surface area contributed by atoms with Crippen molar-refractivity contribution >= 4 is 33.4 Å². The van der Waals surface area contributed by atoms with E-state index in [0.29, 0.717) is 5.25 Å². The van der Waals surface area contributed by atoms with Gasteiger partial charge in [0.15, 0.2) is 0 Å². The quantitative estimate of drug-likeness (QED) is 0.666. The van der Waals surface area contributed by atoms with E-state index in [1.54, 1.807) is 11.8 Å². The Hall–Kier alpha value is -2.12. The summed E-state index contributed by atoms with van der Waals surface area (Å²) in [5.74, 6) is 0. The van der Waals surface area contributed by atoms with Crippen LogP contribution in [0.15, 0.2) is 41.7 Å². The molecule has 6 nitrogen and oxygen atoms in total. The minimum absolute atomic E-state index is 0.0130. The standard InChI is InChI=1S/C17H21N5OS/c1-18-13-4-2-3-11-7-14(21-16(11)13)17-20-8-12(24-17)9-22-6-5-19-15(22)10-23/h2-7,12,15,18-19,21,23H,8-10H2,1H3. The summed E-state index contributed by atoms with van der Waals surface area (Å²) >= 11 is 1.81. The number of benzene rings is 1. The van der Waals surface area contributed by atoms with Crippen molar-refractivity contribution < 1.29 is 5.11 Å². The summed E-state index contributed by atoms with van der Waals surface area (Å²) in [6.07, 6.45) is 3.88. The summed E-state index contributed by atoms with van der Waals surface area (Å²) < 4.78 is 0. The van der Waals surface area contributed by atoms with Gasteiger partial charge in [-0.1, -0.05) is 23.9 Å². The molecule has 0 saturated heterocycles. The number of thioether (sulfide) groups is 1. The van der Waals surface area contributed by atoms with E-state index in [0.717, 1.165) is 35.0 Å². The second-order valence-electron chi connectivity index (χ2n) is 5.97. The smallest absolute Gasteiger partial charge is 0.122 e. The van der Waals surface area contributed by atoms with Crippen LogP contribution in [-0.4, -0.2) is 58.2 Å². The first kappa shape index (κ1) is 15.4. The van der Waals surface area contributed by atoms with Crippen molar-refractivity contribution in [3.8, 4) is 0 Å². The Morgan fingerprint density at radius 3 is 3.21 bits per heavy atom. The third kappa shape index (κ3) is 2.74. The number of para-hydroxylation sites is 1. The van der Waals surface area contributed by atoms with Gasteiger partial charge in [-0.25, -0.2) is 0 Å². The molecule has 4 N–H and O–H groups in total. The van der Waals surface area contributed by atoms with Gasteiger partial charge < -0.3 is 25.6 Å². The maximum absolute atomic E-state index is 9.38. The lowest BCUT2D eigenvalue weighted by molar-refractivity contribution is 0.164. The monoisotopic (exact) mass is 343 g/mol. The Morgan fingerprint density at radius 1 is 1.46 bits per heavy atom. The Kier molecular flexibility index (Phi) is 4.12. The molecular weight excluding hydrogens is 322 g/mol. The number of nitrogens with zero attached hydrogens (tertiary/aromatic N) is 2. The number of rotatable bonds is 5. The van der Waals surface area contributed by atoms with Gasteiger partial charge in [-0.05, 0) is 12.1 Å². The van der Waals surface area contributed by atoms with Crippen molar-refractivity contribution in [1.29, 1.82) is 0 Å². The molecule has 2 atom stereocenters. The second kappa shape index (κ2) is 6.41. The fraction of sp³-hybridized carbons (Fsp3) is 0.353. The molecule has 7 heteroatoms. The lowest BCUT2D eigenvalue weighted by Crippen LogP contribution is -2.41. The zero-order chi connectivity index (χ0) is 16.5. The van der Waals surface area contributed by atoms with Gasteiger partial charge in [-0.3, -0.25) is 4.99 Å². The van der Waals surface area contributed by atoms with Crippen LogP contribution in [0, 0.1) is 0 Å². The van der Waals surface area contributed by atoms with Crippen LogP contribution >= 0.6 is 11.8 Å². The zero-order valence-corrected chi connectivity index (χ0v) is 14.3. The van der Waals surface area contributed by atoms with Crippen LogP contribution in [-0.2, 0) is 0 Å². The Bertz CT molecular complexity index is 799. The van der Waals surface area contributed by atoms with E-state index >= 15 is 0 Å². The first-order chi connectivity index (χ1) is 11.8. The molecule has 0 fully saturated rings. The van der Waals surface area contributed by atoms with Crippen molar-refractivity contribution in [1.82, 2.24) is 15.2 Å². The molecule has 0 spiro atoms. The van der Waals surface area contributed by atoms with E-state index in [1.165, 1.54) is 5.39 Å². The fourth-order valence-electron chi connectivity index (χ4n) is 3.17. The molecule has 2 aromatic rings. The maximum Gasteiger partial charge on any atom is 0.122 e. The van der Waals surface area contributed by atoms with Crippen LogP contribution in [0.4, 0.5) is 5.69 Å². The highest BCUT2D eigenvalue weighted by Gasteiger charge is 2.27. The highest BCUT2D eigenvalue weighted by Crippen LogP contribution is 2.30. The Morgan fingerprint density at radius 2 is 2.38 bits per heavy atom. The first-order valence-corrected chi connectivity index (χ1v) is 8.96. The zero-order valence-electron chi connectivity index (χ0n) is 13.5. The fourth-order valence-corrected chi connectivity index (χ4v) is 4.27. The SMILES string of the molecule is CNc1cccc2cc(C3=NCC(CN4C=CNC4CO)S3)[nH]c12. The summed E-state index contributed by atoms with van der Waals surface area (Å²) in [6, 6.07) is 8.40. The Balaban J connectivity index is 1.48. The number of aliphatic hydroxyl groups excluding tert-OH is 1. The van der Waals surface area contributed by atoms with Crippen LogP contribution in [0.25, 0.3) is 10.9 Å². The van der Waals surface area contributed by atoms with Crippen LogP contribution in [0.1, 0.15) is 5.69 Å². The number of aromatic amines is 1. The third-order valence-electron chi connectivity index (χ3n) is 4.42. The number of nitrogens with one attached hydrogen (secondary N) is 3. The average Bonchev–Trinajstić information content (AvgIpc) is 3.33. The Labute approximate surface area is 145 Å². The summed E-state index contributed by atoms with van der Waals surface area (Å²) in [4.78, 5) is 10.4. The van der Waals surface area contributed by atoms with Crippen molar-refractivity contribution in [2.75, 3.05) is 32.1 Å². The van der Waals surface area contributed by atoms with Gasteiger partial charge in [0.25, 0.3) is 0 Å². The molecule has 0 radical (unpaired) electrons. The van der Waals surface area contributed by atoms with E-state index in [1.807, 2.05) is 19.4 Å². The van der Waals surface area contributed by atoms with Gasteiger partial charge in [0.1, 0.15) is 11.2 Å². The lowest BCUT2D eigenvalue weighted by atomic mass is 10.2. The van der Waals surface area contributed by atoms with Crippen LogP contribution in [0.3, 0.4) is 0 Å². The topological polar surface area (TPSA) is 75.7 Å². The number of anilines is 1. The number of H-pyrrole nitrogens is 1. The predicted molar refractivity (Wildman–Crippen MR) is 100 cm³/mol. The van der Waals surface area contributed by atoms with Gasteiger partial charge in [-0.2, -0.15) is 0 Å². The molecule has 1 aromatic carbocycles. The van der Waals surface area contributed by atoms with Crippen molar-refractivity contribution in [2.24, 2.45) is 4.99 Å². The molecule has 3 heterocycles. The maximum atomic E-state index is 9.38. The molecule has 2 aliphatic heterocycles. The van der Waals surface area contributed by atoms with Gasteiger partial charge >= 0.3 is 0 Å². The number of hydrogen-bond acceptors (Lipinski definition) is 6. The molecule has 2 unspecified atom stereocenters. The molecule has 0 saturated carbocycles.